The Morgan fingerprint density at radius 2 is 2.06 bits per heavy atom. The van der Waals surface area contributed by atoms with Crippen LogP contribution in [0.5, 0.6) is 0 Å². The minimum Gasteiger partial charge on any atom is -0.478 e. The summed E-state index contributed by atoms with van der Waals surface area (Å²) in [5.41, 5.74) is 5.27. The molecule has 0 bridgehead atoms. The number of carboxylic acid groups (broad SMARTS) is 1. The van der Waals surface area contributed by atoms with Crippen LogP contribution in [-0.2, 0) is 5.41 Å². The number of halogens is 2. The van der Waals surface area contributed by atoms with Crippen LogP contribution in [0, 0.1) is 11.6 Å². The maximum Gasteiger partial charge on any atom is 0.338 e. The van der Waals surface area contributed by atoms with E-state index in [0.29, 0.717) is 5.56 Å². The number of carbonyl (C=O) groups is 1. The number of benzene rings is 1. The molecule has 1 aromatic rings. The lowest BCUT2D eigenvalue weighted by Crippen LogP contribution is -2.32. The number of hydrogen-bond donors (Lipinski definition) is 2. The molecule has 0 aliphatic heterocycles. The maximum atomic E-state index is 13.3. The second-order valence-electron chi connectivity index (χ2n) is 4.57. The fraction of sp³-hybridized carbons (Fsp3) is 0.417. The molecule has 1 unspecified atom stereocenters. The zero-order chi connectivity index (χ0) is 12.8. The van der Waals surface area contributed by atoms with Crippen molar-refractivity contribution in [3.63, 3.8) is 0 Å². The van der Waals surface area contributed by atoms with Gasteiger partial charge in [0.25, 0.3) is 0 Å². The summed E-state index contributed by atoms with van der Waals surface area (Å²) >= 11 is 0. The zero-order valence-corrected chi connectivity index (χ0v) is 9.34. The molecule has 3 N–H and O–H groups in total. The minimum atomic E-state index is -1.47. The molecule has 17 heavy (non-hydrogen) atoms. The fourth-order valence-electron chi connectivity index (χ4n) is 2.17. The molecule has 0 saturated heterocycles. The van der Waals surface area contributed by atoms with Crippen LogP contribution >= 0.6 is 0 Å². The summed E-state index contributed by atoms with van der Waals surface area (Å²) in [4.78, 5) is 10.8. The largest absolute Gasteiger partial charge is 0.478 e. The number of aromatic carboxylic acids is 1. The van der Waals surface area contributed by atoms with Crippen molar-refractivity contribution in [1.82, 2.24) is 0 Å². The first-order chi connectivity index (χ1) is 7.88. The first-order valence-corrected chi connectivity index (χ1v) is 5.37. The van der Waals surface area contributed by atoms with E-state index in [-0.39, 0.29) is 6.04 Å². The smallest absolute Gasteiger partial charge is 0.338 e. The predicted molar refractivity (Wildman–Crippen MR) is 57.9 cm³/mol. The molecule has 0 spiro atoms. The van der Waals surface area contributed by atoms with E-state index in [2.05, 4.69) is 0 Å². The van der Waals surface area contributed by atoms with Gasteiger partial charge in [0.15, 0.2) is 11.6 Å². The minimum absolute atomic E-state index is 0.214. The topological polar surface area (TPSA) is 63.3 Å². The van der Waals surface area contributed by atoms with Gasteiger partial charge in [-0.2, -0.15) is 0 Å². The summed E-state index contributed by atoms with van der Waals surface area (Å²) in [6.07, 6.45) is 1.55. The lowest BCUT2D eigenvalue weighted by atomic mass is 9.88. The van der Waals surface area contributed by atoms with Gasteiger partial charge in [0, 0.05) is 11.5 Å². The SMILES string of the molecule is CC(N)C1(c2cc(F)c(F)c(C(=O)O)c2)CC1. The van der Waals surface area contributed by atoms with E-state index in [1.165, 1.54) is 6.07 Å². The third-order valence-corrected chi connectivity index (χ3v) is 3.49. The van der Waals surface area contributed by atoms with Crippen LogP contribution in [0.1, 0.15) is 35.7 Å². The van der Waals surface area contributed by atoms with Crippen LogP contribution in [0.2, 0.25) is 0 Å². The molecular weight excluding hydrogens is 228 g/mol. The maximum absolute atomic E-state index is 13.3. The Morgan fingerprint density at radius 1 is 1.47 bits per heavy atom. The molecule has 1 aliphatic carbocycles. The molecule has 92 valence electrons. The Kier molecular flexibility index (Phi) is 2.66. The van der Waals surface area contributed by atoms with E-state index < -0.39 is 28.6 Å². The van der Waals surface area contributed by atoms with Gasteiger partial charge in [-0.15, -0.1) is 0 Å². The Balaban J connectivity index is 2.54. The van der Waals surface area contributed by atoms with Gasteiger partial charge >= 0.3 is 5.97 Å². The van der Waals surface area contributed by atoms with Crippen molar-refractivity contribution in [2.75, 3.05) is 0 Å². The average molecular weight is 241 g/mol. The van der Waals surface area contributed by atoms with E-state index >= 15 is 0 Å². The van der Waals surface area contributed by atoms with Crippen LogP contribution in [0.4, 0.5) is 8.78 Å². The lowest BCUT2D eigenvalue weighted by Gasteiger charge is -2.20. The molecule has 5 heteroatoms. The molecule has 3 nitrogen and oxygen atoms in total. The molecule has 1 saturated carbocycles. The fourth-order valence-corrected chi connectivity index (χ4v) is 2.17. The summed E-state index contributed by atoms with van der Waals surface area (Å²) in [7, 11) is 0. The highest BCUT2D eigenvalue weighted by Crippen LogP contribution is 2.50. The molecule has 1 fully saturated rings. The quantitative estimate of drug-likeness (QED) is 0.851. The van der Waals surface area contributed by atoms with Gasteiger partial charge < -0.3 is 10.8 Å². The van der Waals surface area contributed by atoms with Gasteiger partial charge in [-0.25, -0.2) is 13.6 Å². The lowest BCUT2D eigenvalue weighted by molar-refractivity contribution is 0.0690. The second kappa shape index (κ2) is 3.77. The molecule has 1 aromatic carbocycles. The van der Waals surface area contributed by atoms with Crippen molar-refractivity contribution in [2.24, 2.45) is 5.73 Å². The highest BCUT2D eigenvalue weighted by Gasteiger charge is 2.48. The summed E-state index contributed by atoms with van der Waals surface area (Å²) in [6.45, 7) is 1.79. The molecule has 1 atom stereocenters. The molecule has 1 aliphatic rings. The van der Waals surface area contributed by atoms with Crippen LogP contribution in [0.15, 0.2) is 12.1 Å². The molecule has 0 heterocycles. The average Bonchev–Trinajstić information content (AvgIpc) is 3.02. The Labute approximate surface area is 97.2 Å². The summed E-state index contributed by atoms with van der Waals surface area (Å²) < 4.78 is 26.6. The summed E-state index contributed by atoms with van der Waals surface area (Å²) in [5, 5.41) is 8.80. The highest BCUT2D eigenvalue weighted by atomic mass is 19.2. The summed E-state index contributed by atoms with van der Waals surface area (Å²) in [5.74, 6) is -3.92. The molecular formula is C12H13F2NO2. The van der Waals surface area contributed by atoms with Crippen molar-refractivity contribution >= 4 is 5.97 Å². The first kappa shape index (κ1) is 12.0. The normalized spacial score (nSPS) is 18.8. The van der Waals surface area contributed by atoms with Gasteiger partial charge in [-0.3, -0.25) is 0 Å². The van der Waals surface area contributed by atoms with Crippen LogP contribution < -0.4 is 5.73 Å². The highest BCUT2D eigenvalue weighted by molar-refractivity contribution is 5.88. The Morgan fingerprint density at radius 3 is 2.47 bits per heavy atom. The third kappa shape index (κ3) is 1.80. The van der Waals surface area contributed by atoms with E-state index in [1.807, 2.05) is 0 Å². The van der Waals surface area contributed by atoms with Crippen LogP contribution in [0.25, 0.3) is 0 Å². The number of nitrogens with two attached hydrogens (primary N) is 1. The molecule has 2 rings (SSSR count). The van der Waals surface area contributed by atoms with Crippen molar-refractivity contribution in [2.45, 2.75) is 31.2 Å². The van der Waals surface area contributed by atoms with E-state index in [1.54, 1.807) is 6.92 Å². The number of rotatable bonds is 3. The van der Waals surface area contributed by atoms with Gasteiger partial charge in [0.1, 0.15) is 0 Å². The second-order valence-corrected chi connectivity index (χ2v) is 4.57. The molecule has 0 radical (unpaired) electrons. The zero-order valence-electron chi connectivity index (χ0n) is 9.34. The monoisotopic (exact) mass is 241 g/mol. The van der Waals surface area contributed by atoms with Crippen molar-refractivity contribution < 1.29 is 18.7 Å². The molecule has 0 aromatic heterocycles. The van der Waals surface area contributed by atoms with Crippen molar-refractivity contribution in [3.05, 3.63) is 34.9 Å². The van der Waals surface area contributed by atoms with E-state index in [4.69, 9.17) is 10.8 Å². The van der Waals surface area contributed by atoms with Crippen molar-refractivity contribution in [3.8, 4) is 0 Å². The van der Waals surface area contributed by atoms with Gasteiger partial charge in [0.05, 0.1) is 5.56 Å². The Hall–Kier alpha value is -1.49. The molecule has 0 amide bonds. The third-order valence-electron chi connectivity index (χ3n) is 3.49. The first-order valence-electron chi connectivity index (χ1n) is 5.37. The van der Waals surface area contributed by atoms with Crippen molar-refractivity contribution in [1.29, 1.82) is 0 Å². The summed E-state index contributed by atoms with van der Waals surface area (Å²) in [6, 6.07) is 2.03. The Bertz CT molecular complexity index is 482. The van der Waals surface area contributed by atoms with Crippen LogP contribution in [0.3, 0.4) is 0 Å². The van der Waals surface area contributed by atoms with E-state index in [9.17, 15) is 13.6 Å². The van der Waals surface area contributed by atoms with E-state index in [0.717, 1.165) is 18.9 Å². The number of hydrogen-bond acceptors (Lipinski definition) is 2. The number of carboxylic acids is 1. The van der Waals surface area contributed by atoms with Gasteiger partial charge in [0.2, 0.25) is 0 Å². The standard InChI is InChI=1S/C12H13F2NO2/c1-6(15)12(2-3-12)7-4-8(11(16)17)10(14)9(13)5-7/h4-6H,2-3,15H2,1H3,(H,16,17). The van der Waals surface area contributed by atoms with Gasteiger partial charge in [-0.05, 0) is 37.5 Å². The predicted octanol–water partition coefficient (Wildman–Crippen LogP) is 2.04. The van der Waals surface area contributed by atoms with Crippen LogP contribution in [-0.4, -0.2) is 17.1 Å². The van der Waals surface area contributed by atoms with Gasteiger partial charge in [-0.1, -0.05) is 0 Å².